The molecule has 0 saturated carbocycles. The predicted octanol–water partition coefficient (Wildman–Crippen LogP) is 3.83. The summed E-state index contributed by atoms with van der Waals surface area (Å²) in [6.45, 7) is 0. The highest BCUT2D eigenvalue weighted by Crippen LogP contribution is 2.42. The summed E-state index contributed by atoms with van der Waals surface area (Å²) in [7, 11) is 1.02. The molecule has 0 amide bonds. The second-order valence-corrected chi connectivity index (χ2v) is 3.83. The smallest absolute Gasteiger partial charge is 0.376 e. The fourth-order valence-corrected chi connectivity index (χ4v) is 1.55. The molecule has 1 aromatic rings. The maximum Gasteiger partial charge on any atom is 0.453 e. The number of nitriles is 1. The van der Waals surface area contributed by atoms with E-state index >= 15 is 0 Å². The van der Waals surface area contributed by atoms with Crippen LogP contribution in [-0.2, 0) is 4.74 Å². The molecule has 0 aliphatic carbocycles. The fourth-order valence-electron chi connectivity index (χ4n) is 1.55. The van der Waals surface area contributed by atoms with Gasteiger partial charge in [-0.25, -0.2) is 0 Å². The van der Waals surface area contributed by atoms with Crippen molar-refractivity contribution in [1.29, 1.82) is 5.26 Å². The van der Waals surface area contributed by atoms with Crippen molar-refractivity contribution in [2.24, 2.45) is 0 Å². The summed E-state index contributed by atoms with van der Waals surface area (Å²) in [6.07, 6.45) is -8.72. The van der Waals surface area contributed by atoms with Crippen LogP contribution in [0.25, 0.3) is 0 Å². The number of alkyl halides is 5. The molecule has 1 rings (SSSR count). The predicted molar refractivity (Wildman–Crippen MR) is 56.5 cm³/mol. The van der Waals surface area contributed by atoms with Crippen LogP contribution >= 0.6 is 0 Å². The van der Waals surface area contributed by atoms with E-state index in [0.717, 1.165) is 7.11 Å². The number of methoxy groups -OCH3 is 1. The Hall–Kier alpha value is -1.68. The van der Waals surface area contributed by atoms with Crippen molar-refractivity contribution in [2.45, 2.75) is 24.6 Å². The minimum absolute atomic E-state index is 0.00678. The van der Waals surface area contributed by atoms with Gasteiger partial charge in [0.05, 0.1) is 24.2 Å². The molecule has 0 saturated heterocycles. The first-order chi connectivity index (χ1) is 8.73. The number of hydrogen-bond donors (Lipinski definition) is 0. The van der Waals surface area contributed by atoms with Crippen LogP contribution < -0.4 is 0 Å². The highest BCUT2D eigenvalue weighted by molar-refractivity contribution is 5.39. The Kier molecular flexibility index (Phi) is 4.48. The van der Waals surface area contributed by atoms with Gasteiger partial charge in [-0.15, -0.1) is 0 Å². The van der Waals surface area contributed by atoms with E-state index in [1.807, 2.05) is 0 Å². The van der Waals surface area contributed by atoms with Crippen molar-refractivity contribution in [1.82, 2.24) is 0 Å². The van der Waals surface area contributed by atoms with Gasteiger partial charge in [-0.2, -0.15) is 27.2 Å². The van der Waals surface area contributed by atoms with Gasteiger partial charge in [-0.1, -0.05) is 18.2 Å². The van der Waals surface area contributed by atoms with E-state index in [2.05, 4.69) is 4.74 Å². The van der Waals surface area contributed by atoms with Crippen LogP contribution in [0, 0.1) is 11.3 Å². The molecule has 2 nitrogen and oxygen atoms in total. The molecular weight excluding hydrogens is 269 g/mol. The van der Waals surface area contributed by atoms with Crippen LogP contribution in [0.2, 0.25) is 0 Å². The minimum Gasteiger partial charge on any atom is -0.376 e. The van der Waals surface area contributed by atoms with Crippen LogP contribution in [0.3, 0.4) is 0 Å². The highest BCUT2D eigenvalue weighted by Gasteiger charge is 2.58. The molecule has 104 valence electrons. The van der Waals surface area contributed by atoms with Crippen molar-refractivity contribution in [3.8, 4) is 6.07 Å². The molecule has 1 atom stereocenters. The first-order valence-corrected chi connectivity index (χ1v) is 5.19. The second-order valence-electron chi connectivity index (χ2n) is 3.83. The van der Waals surface area contributed by atoms with Gasteiger partial charge in [0.1, 0.15) is 0 Å². The summed E-state index contributed by atoms with van der Waals surface area (Å²) in [6, 6.07) is 7.27. The molecule has 0 aliphatic heterocycles. The van der Waals surface area contributed by atoms with Gasteiger partial charge in [-0.3, -0.25) is 0 Å². The average molecular weight is 279 g/mol. The van der Waals surface area contributed by atoms with E-state index in [-0.39, 0.29) is 11.1 Å². The van der Waals surface area contributed by atoms with Crippen molar-refractivity contribution in [2.75, 3.05) is 7.11 Å². The van der Waals surface area contributed by atoms with Crippen molar-refractivity contribution in [3.05, 3.63) is 35.4 Å². The lowest BCUT2D eigenvalue weighted by Gasteiger charge is -2.25. The summed E-state index contributed by atoms with van der Waals surface area (Å²) < 4.78 is 67.2. The minimum atomic E-state index is -5.65. The van der Waals surface area contributed by atoms with E-state index in [1.54, 1.807) is 6.07 Å². The molecular formula is C12H10F5NO. The van der Waals surface area contributed by atoms with Crippen molar-refractivity contribution >= 4 is 0 Å². The Morgan fingerprint density at radius 3 is 2.26 bits per heavy atom. The molecule has 19 heavy (non-hydrogen) atoms. The lowest BCUT2D eigenvalue weighted by molar-refractivity contribution is -0.291. The first-order valence-electron chi connectivity index (χ1n) is 5.19. The van der Waals surface area contributed by atoms with Gasteiger partial charge in [0.2, 0.25) is 0 Å². The molecule has 0 N–H and O–H groups in total. The van der Waals surface area contributed by atoms with Crippen LogP contribution in [0.5, 0.6) is 0 Å². The maximum absolute atomic E-state index is 13.0. The number of ether oxygens (including phenoxy) is 1. The number of benzene rings is 1. The quantitative estimate of drug-likeness (QED) is 0.785. The van der Waals surface area contributed by atoms with Gasteiger partial charge in [-0.05, 0) is 11.6 Å². The Morgan fingerprint density at radius 2 is 1.79 bits per heavy atom. The van der Waals surface area contributed by atoms with E-state index in [0.29, 0.717) is 0 Å². The number of nitrogens with zero attached hydrogens (tertiary/aromatic N) is 1. The topological polar surface area (TPSA) is 33.0 Å². The van der Waals surface area contributed by atoms with Gasteiger partial charge >= 0.3 is 12.1 Å². The Labute approximate surface area is 106 Å². The highest BCUT2D eigenvalue weighted by atomic mass is 19.4. The average Bonchev–Trinajstić information content (AvgIpc) is 2.34. The third-order valence-corrected chi connectivity index (χ3v) is 2.57. The van der Waals surface area contributed by atoms with Gasteiger partial charge < -0.3 is 4.74 Å². The summed E-state index contributed by atoms with van der Waals surface area (Å²) in [5, 5.41) is 8.81. The van der Waals surface area contributed by atoms with Crippen LogP contribution in [0.15, 0.2) is 24.3 Å². The van der Waals surface area contributed by atoms with Gasteiger partial charge in [0.25, 0.3) is 0 Å². The lowest BCUT2D eigenvalue weighted by Crippen LogP contribution is -2.38. The molecule has 1 unspecified atom stereocenters. The maximum atomic E-state index is 13.0. The van der Waals surface area contributed by atoms with Crippen LogP contribution in [0.1, 0.15) is 23.7 Å². The second kappa shape index (κ2) is 5.53. The summed E-state index contributed by atoms with van der Waals surface area (Å²) in [5.74, 6) is -4.88. The Morgan fingerprint density at radius 1 is 1.21 bits per heavy atom. The van der Waals surface area contributed by atoms with E-state index in [4.69, 9.17) is 5.26 Å². The van der Waals surface area contributed by atoms with Gasteiger partial charge in [0.15, 0.2) is 0 Å². The molecule has 0 bridgehead atoms. The summed E-state index contributed by atoms with van der Waals surface area (Å²) in [5.41, 5.74) is 0.0174. The molecule has 0 heterocycles. The van der Waals surface area contributed by atoms with E-state index < -0.39 is 24.6 Å². The largest absolute Gasteiger partial charge is 0.453 e. The number of hydrogen-bond acceptors (Lipinski definition) is 2. The third kappa shape index (κ3) is 3.41. The van der Waals surface area contributed by atoms with Crippen molar-refractivity contribution < 1.29 is 26.7 Å². The Balaban J connectivity index is 3.07. The SMILES string of the molecule is COC(CC(F)(F)C(F)(F)F)c1ccccc1C#N. The fraction of sp³-hybridized carbons (Fsp3) is 0.417. The molecule has 0 aromatic heterocycles. The summed E-state index contributed by atoms with van der Waals surface area (Å²) in [4.78, 5) is 0. The number of rotatable bonds is 4. The van der Waals surface area contributed by atoms with Crippen LogP contribution in [0.4, 0.5) is 22.0 Å². The monoisotopic (exact) mass is 279 g/mol. The molecule has 0 radical (unpaired) electrons. The molecule has 0 aliphatic rings. The Bertz CT molecular complexity index is 478. The zero-order valence-electron chi connectivity index (χ0n) is 9.84. The third-order valence-electron chi connectivity index (χ3n) is 2.57. The molecule has 0 spiro atoms. The van der Waals surface area contributed by atoms with Gasteiger partial charge in [0, 0.05) is 7.11 Å². The first kappa shape index (κ1) is 15.4. The molecule has 7 heteroatoms. The normalized spacial score (nSPS) is 13.9. The number of halogens is 5. The lowest BCUT2D eigenvalue weighted by atomic mass is 9.98. The zero-order chi connectivity index (χ0) is 14.7. The standard InChI is InChI=1S/C12H10F5NO/c1-19-10(6-11(13,14)12(15,16)17)9-5-3-2-4-8(9)7-18/h2-5,10H,6H2,1H3. The van der Waals surface area contributed by atoms with Crippen molar-refractivity contribution in [3.63, 3.8) is 0 Å². The molecule has 1 aromatic carbocycles. The molecule has 0 fully saturated rings. The van der Waals surface area contributed by atoms with Crippen LogP contribution in [-0.4, -0.2) is 19.2 Å². The van der Waals surface area contributed by atoms with E-state index in [9.17, 15) is 22.0 Å². The summed E-state index contributed by atoms with van der Waals surface area (Å²) >= 11 is 0. The van der Waals surface area contributed by atoms with E-state index in [1.165, 1.54) is 24.3 Å². The zero-order valence-corrected chi connectivity index (χ0v) is 9.84.